The number of aliphatic hydroxyl groups is 1. The summed E-state index contributed by atoms with van der Waals surface area (Å²) < 4.78 is 0. The molecule has 13 heavy (non-hydrogen) atoms. The Morgan fingerprint density at radius 3 is 2.62 bits per heavy atom. The van der Waals surface area contributed by atoms with Crippen LogP contribution in [0, 0.1) is 11.3 Å². The largest absolute Gasteiger partial charge is 0.393 e. The normalized spacial score (nSPS) is 28.7. The number of allylic oxidation sites excluding steroid dienone is 2. The van der Waals surface area contributed by atoms with E-state index in [1.807, 2.05) is 0 Å². The Kier molecular flexibility index (Phi) is 3.18. The molecular weight excluding hydrogens is 160 g/mol. The van der Waals surface area contributed by atoms with E-state index < -0.39 is 0 Å². The molecule has 0 fully saturated rings. The third kappa shape index (κ3) is 1.96. The lowest BCUT2D eigenvalue weighted by Crippen LogP contribution is -2.31. The summed E-state index contributed by atoms with van der Waals surface area (Å²) in [5.41, 5.74) is 1.64. The van der Waals surface area contributed by atoms with Gasteiger partial charge >= 0.3 is 0 Å². The van der Waals surface area contributed by atoms with Gasteiger partial charge in [0, 0.05) is 0 Å². The summed E-state index contributed by atoms with van der Waals surface area (Å²) in [5, 5.41) is 9.97. The maximum absolute atomic E-state index is 9.97. The zero-order valence-electron chi connectivity index (χ0n) is 9.30. The first kappa shape index (κ1) is 10.8. The fraction of sp³-hybridized carbons (Fsp3) is 0.833. The van der Waals surface area contributed by atoms with E-state index in [1.54, 1.807) is 0 Å². The summed E-state index contributed by atoms with van der Waals surface area (Å²) >= 11 is 0. The highest BCUT2D eigenvalue weighted by atomic mass is 16.3. The first-order chi connectivity index (χ1) is 6.00. The zero-order valence-corrected chi connectivity index (χ0v) is 9.30. The summed E-state index contributed by atoms with van der Waals surface area (Å²) in [7, 11) is 0. The van der Waals surface area contributed by atoms with Gasteiger partial charge in [-0.1, -0.05) is 38.8 Å². The van der Waals surface area contributed by atoms with Crippen LogP contribution < -0.4 is 0 Å². The summed E-state index contributed by atoms with van der Waals surface area (Å²) in [4.78, 5) is 0. The summed E-state index contributed by atoms with van der Waals surface area (Å²) in [5.74, 6) is 0.437. The molecule has 0 heterocycles. The van der Waals surface area contributed by atoms with E-state index in [4.69, 9.17) is 0 Å². The predicted molar refractivity (Wildman–Crippen MR) is 56.6 cm³/mol. The van der Waals surface area contributed by atoms with Crippen molar-refractivity contribution in [3.05, 3.63) is 11.6 Å². The molecule has 1 aliphatic rings. The smallest absolute Gasteiger partial charge is 0.0579 e. The van der Waals surface area contributed by atoms with Crippen LogP contribution in [0.3, 0.4) is 0 Å². The fourth-order valence-corrected chi connectivity index (χ4v) is 2.29. The lowest BCUT2D eigenvalue weighted by atomic mass is 9.74. The van der Waals surface area contributed by atoms with Crippen molar-refractivity contribution in [2.45, 2.75) is 53.1 Å². The van der Waals surface area contributed by atoms with Gasteiger partial charge in [0.15, 0.2) is 0 Å². The molecule has 1 aliphatic carbocycles. The van der Waals surface area contributed by atoms with E-state index in [9.17, 15) is 5.11 Å². The maximum atomic E-state index is 9.97. The molecule has 76 valence electrons. The van der Waals surface area contributed by atoms with E-state index >= 15 is 0 Å². The van der Waals surface area contributed by atoms with Crippen LogP contribution in [0.1, 0.15) is 47.0 Å². The highest BCUT2D eigenvalue weighted by Crippen LogP contribution is 2.45. The number of rotatable bonds is 3. The van der Waals surface area contributed by atoms with Crippen LogP contribution >= 0.6 is 0 Å². The highest BCUT2D eigenvalue weighted by Gasteiger charge is 2.38. The van der Waals surface area contributed by atoms with Crippen molar-refractivity contribution in [3.8, 4) is 0 Å². The van der Waals surface area contributed by atoms with Gasteiger partial charge in [-0.25, -0.2) is 0 Å². The number of hydrogen-bond donors (Lipinski definition) is 1. The molecule has 0 saturated heterocycles. The second kappa shape index (κ2) is 3.83. The van der Waals surface area contributed by atoms with E-state index in [-0.39, 0.29) is 11.5 Å². The molecule has 0 bridgehead atoms. The topological polar surface area (TPSA) is 20.2 Å². The van der Waals surface area contributed by atoms with Gasteiger partial charge in [0.25, 0.3) is 0 Å². The van der Waals surface area contributed by atoms with E-state index in [0.717, 1.165) is 19.3 Å². The third-order valence-electron chi connectivity index (χ3n) is 3.67. The van der Waals surface area contributed by atoms with Gasteiger partial charge < -0.3 is 5.11 Å². The van der Waals surface area contributed by atoms with Crippen molar-refractivity contribution >= 4 is 0 Å². The van der Waals surface area contributed by atoms with Crippen molar-refractivity contribution in [1.82, 2.24) is 0 Å². The molecule has 1 heteroatoms. The van der Waals surface area contributed by atoms with Gasteiger partial charge in [-0.05, 0) is 31.1 Å². The third-order valence-corrected chi connectivity index (χ3v) is 3.67. The van der Waals surface area contributed by atoms with Crippen LogP contribution in [0.2, 0.25) is 0 Å². The van der Waals surface area contributed by atoms with Gasteiger partial charge in [-0.15, -0.1) is 0 Å². The van der Waals surface area contributed by atoms with Gasteiger partial charge in [-0.2, -0.15) is 0 Å². The molecule has 1 N–H and O–H groups in total. The molecule has 0 spiro atoms. The van der Waals surface area contributed by atoms with E-state index in [2.05, 4.69) is 33.8 Å². The first-order valence-electron chi connectivity index (χ1n) is 5.35. The van der Waals surface area contributed by atoms with Crippen molar-refractivity contribution in [1.29, 1.82) is 0 Å². The van der Waals surface area contributed by atoms with E-state index in [0.29, 0.717) is 5.92 Å². The minimum atomic E-state index is -0.117. The van der Waals surface area contributed by atoms with Crippen LogP contribution in [-0.4, -0.2) is 11.2 Å². The monoisotopic (exact) mass is 182 g/mol. The molecule has 0 aromatic rings. The Labute approximate surface area is 81.9 Å². The van der Waals surface area contributed by atoms with Gasteiger partial charge in [0.05, 0.1) is 6.10 Å². The van der Waals surface area contributed by atoms with Crippen LogP contribution in [0.25, 0.3) is 0 Å². The fourth-order valence-electron chi connectivity index (χ4n) is 2.29. The number of aliphatic hydroxyl groups excluding tert-OH is 1. The molecule has 2 atom stereocenters. The minimum absolute atomic E-state index is 0.117. The summed E-state index contributed by atoms with van der Waals surface area (Å²) in [6, 6.07) is 0. The van der Waals surface area contributed by atoms with Gasteiger partial charge in [0.1, 0.15) is 0 Å². The highest BCUT2D eigenvalue weighted by molar-refractivity contribution is 5.19. The van der Waals surface area contributed by atoms with Gasteiger partial charge in [0.2, 0.25) is 0 Å². The molecule has 0 radical (unpaired) electrons. The average Bonchev–Trinajstić information content (AvgIpc) is 2.28. The predicted octanol–water partition coefficient (Wildman–Crippen LogP) is 3.14. The Morgan fingerprint density at radius 2 is 2.23 bits per heavy atom. The standard InChI is InChI=1S/C12H22O/c1-5-6-11(13)10-8-7-9(2)12(10,3)4/h7,10-11,13H,5-6,8H2,1-4H3. The molecule has 0 aliphatic heterocycles. The van der Waals surface area contributed by atoms with Crippen molar-refractivity contribution in [2.75, 3.05) is 0 Å². The average molecular weight is 182 g/mol. The van der Waals surface area contributed by atoms with Crippen molar-refractivity contribution < 1.29 is 5.11 Å². The molecule has 1 nitrogen and oxygen atoms in total. The quantitative estimate of drug-likeness (QED) is 0.665. The van der Waals surface area contributed by atoms with E-state index in [1.165, 1.54) is 5.57 Å². The van der Waals surface area contributed by atoms with Gasteiger partial charge in [-0.3, -0.25) is 0 Å². The van der Waals surface area contributed by atoms with Crippen LogP contribution in [0.5, 0.6) is 0 Å². The molecule has 0 aromatic carbocycles. The van der Waals surface area contributed by atoms with Crippen LogP contribution in [0.4, 0.5) is 0 Å². The Morgan fingerprint density at radius 1 is 1.62 bits per heavy atom. The molecule has 1 rings (SSSR count). The lowest BCUT2D eigenvalue weighted by Gasteiger charge is -2.33. The molecule has 0 aromatic heterocycles. The molecule has 0 saturated carbocycles. The Bertz CT molecular complexity index is 203. The SMILES string of the molecule is CCCC(O)C1CC=C(C)C1(C)C. The molecule has 2 unspecified atom stereocenters. The zero-order chi connectivity index (χ0) is 10.1. The summed E-state index contributed by atoms with van der Waals surface area (Å²) in [6.45, 7) is 8.80. The first-order valence-corrected chi connectivity index (χ1v) is 5.35. The second-order valence-electron chi connectivity index (χ2n) is 4.81. The Balaban J connectivity index is 2.64. The Hall–Kier alpha value is -0.300. The molecule has 0 amide bonds. The van der Waals surface area contributed by atoms with Crippen molar-refractivity contribution in [3.63, 3.8) is 0 Å². The second-order valence-corrected chi connectivity index (χ2v) is 4.81. The lowest BCUT2D eigenvalue weighted by molar-refractivity contribution is 0.0537. The molecular formula is C12H22O. The van der Waals surface area contributed by atoms with Crippen molar-refractivity contribution in [2.24, 2.45) is 11.3 Å². The minimum Gasteiger partial charge on any atom is -0.393 e. The van der Waals surface area contributed by atoms with Crippen LogP contribution in [-0.2, 0) is 0 Å². The number of hydrogen-bond acceptors (Lipinski definition) is 1. The summed E-state index contributed by atoms with van der Waals surface area (Å²) in [6.07, 6.45) is 5.24. The van der Waals surface area contributed by atoms with Crippen LogP contribution in [0.15, 0.2) is 11.6 Å². The maximum Gasteiger partial charge on any atom is 0.0579 e.